The van der Waals surface area contributed by atoms with Crippen molar-refractivity contribution >= 4 is 45.4 Å². The molecule has 2 fully saturated rings. The molecule has 41 heavy (non-hydrogen) atoms. The Bertz CT molecular complexity index is 1650. The Kier molecular flexibility index (Phi) is 7.27. The smallest absolute Gasteiger partial charge is 0.407 e. The van der Waals surface area contributed by atoms with E-state index in [0.717, 1.165) is 24.9 Å². The van der Waals surface area contributed by atoms with E-state index in [1.807, 2.05) is 4.90 Å². The van der Waals surface area contributed by atoms with Crippen molar-refractivity contribution in [3.05, 3.63) is 40.4 Å². The largest absolute Gasteiger partial charge is 0.465 e. The summed E-state index contributed by atoms with van der Waals surface area (Å²) in [6, 6.07) is 3.36. The predicted molar refractivity (Wildman–Crippen MR) is 150 cm³/mol. The number of ether oxygens (including phenoxy) is 1. The molecule has 4 aromatic rings. The Labute approximate surface area is 239 Å². The summed E-state index contributed by atoms with van der Waals surface area (Å²) >= 11 is 6.43. The van der Waals surface area contributed by atoms with Crippen LogP contribution >= 0.6 is 11.6 Å². The second kappa shape index (κ2) is 11.0. The highest BCUT2D eigenvalue weighted by Crippen LogP contribution is 2.34. The minimum Gasteiger partial charge on any atom is -0.465 e. The van der Waals surface area contributed by atoms with Gasteiger partial charge in [0.1, 0.15) is 23.5 Å². The molecule has 1 unspecified atom stereocenters. The lowest BCUT2D eigenvalue weighted by atomic mass is 10.0. The second-order valence-electron chi connectivity index (χ2n) is 10.6. The molecule has 2 atom stereocenters. The maximum Gasteiger partial charge on any atom is 0.407 e. The Morgan fingerprint density at radius 2 is 2.17 bits per heavy atom. The quantitative estimate of drug-likeness (QED) is 0.296. The molecule has 0 spiro atoms. The number of rotatable bonds is 7. The maximum absolute atomic E-state index is 14.7. The number of nitrogens with zero attached hydrogens (tertiary/aromatic N) is 7. The van der Waals surface area contributed by atoms with E-state index in [-0.39, 0.29) is 43.0 Å². The van der Waals surface area contributed by atoms with Crippen LogP contribution in [0, 0.1) is 17.1 Å². The summed E-state index contributed by atoms with van der Waals surface area (Å²) in [5.41, 5.74) is 3.12. The van der Waals surface area contributed by atoms with Crippen molar-refractivity contribution < 1.29 is 19.0 Å². The van der Waals surface area contributed by atoms with Crippen molar-refractivity contribution in [1.82, 2.24) is 34.9 Å². The number of aromatic nitrogens is 5. The monoisotopic (exact) mass is 581 g/mol. The summed E-state index contributed by atoms with van der Waals surface area (Å²) in [6.45, 7) is 2.32. The molecule has 2 aliphatic rings. The highest BCUT2D eigenvalue weighted by molar-refractivity contribution is 6.32. The van der Waals surface area contributed by atoms with Gasteiger partial charge in [0.25, 0.3) is 0 Å². The summed E-state index contributed by atoms with van der Waals surface area (Å²) in [4.78, 5) is 30.1. The number of anilines is 1. The molecule has 5 heterocycles. The zero-order valence-corrected chi connectivity index (χ0v) is 23.2. The minimum absolute atomic E-state index is 0.0208. The zero-order valence-electron chi connectivity index (χ0n) is 22.4. The number of nitrogens with one attached hydrogen (secondary N) is 2. The standard InChI is InChI=1S/C27H29ClFN9O3/c1-36-6-2-3-17(36)14-41-26-33-23-15(9-18-19-12-32-35-21(19)10-20(29)22(18)28)11-31-24(23)25(34-26)37-7-8-38(27(39)40)16(13-37)4-5-30/h10-12,16-17,31H,2-4,6-9,13-14H2,1H3,(H,32,35)(H,39,40)/t16?,17-/m0/s1. The Morgan fingerprint density at radius 3 is 2.93 bits per heavy atom. The number of aromatic amines is 2. The number of benzene rings is 1. The first-order chi connectivity index (χ1) is 19.8. The first-order valence-corrected chi connectivity index (χ1v) is 13.8. The Balaban J connectivity index is 1.40. The lowest BCUT2D eigenvalue weighted by Crippen LogP contribution is -2.55. The molecule has 0 aliphatic carbocycles. The van der Waals surface area contributed by atoms with Crippen LogP contribution in [0.4, 0.5) is 15.0 Å². The van der Waals surface area contributed by atoms with Gasteiger partial charge in [-0.25, -0.2) is 9.18 Å². The van der Waals surface area contributed by atoms with Crippen LogP contribution in [0.1, 0.15) is 30.4 Å². The Hall–Kier alpha value is -4.15. The van der Waals surface area contributed by atoms with Crippen LogP contribution in [0.3, 0.4) is 0 Å². The molecule has 1 amide bonds. The average Bonchev–Trinajstić information content (AvgIpc) is 3.69. The number of carboxylic acid groups (broad SMARTS) is 1. The van der Waals surface area contributed by atoms with Crippen molar-refractivity contribution in [3.8, 4) is 12.1 Å². The number of H-pyrrole nitrogens is 2. The van der Waals surface area contributed by atoms with E-state index in [0.29, 0.717) is 46.5 Å². The third-order valence-electron chi connectivity index (χ3n) is 8.10. The highest BCUT2D eigenvalue weighted by atomic mass is 35.5. The van der Waals surface area contributed by atoms with Crippen LogP contribution in [-0.4, -0.2) is 98.1 Å². The van der Waals surface area contributed by atoms with Gasteiger partial charge in [0.15, 0.2) is 5.82 Å². The van der Waals surface area contributed by atoms with Crippen LogP contribution in [0.15, 0.2) is 18.5 Å². The van der Waals surface area contributed by atoms with Crippen molar-refractivity contribution in [2.24, 2.45) is 0 Å². The molecule has 0 radical (unpaired) electrons. The van der Waals surface area contributed by atoms with Gasteiger partial charge in [-0.1, -0.05) is 11.6 Å². The molecular weight excluding hydrogens is 553 g/mol. The fraction of sp³-hybridized carbons (Fsp3) is 0.444. The zero-order chi connectivity index (χ0) is 28.7. The van der Waals surface area contributed by atoms with Gasteiger partial charge in [-0.15, -0.1) is 0 Å². The number of halogens is 2. The van der Waals surface area contributed by atoms with Crippen LogP contribution in [0.25, 0.3) is 21.9 Å². The summed E-state index contributed by atoms with van der Waals surface area (Å²) in [5.74, 6) is 0.0147. The molecule has 6 rings (SSSR count). The van der Waals surface area contributed by atoms with E-state index in [9.17, 15) is 19.6 Å². The molecule has 14 heteroatoms. The fourth-order valence-corrected chi connectivity index (χ4v) is 6.08. The minimum atomic E-state index is -1.05. The van der Waals surface area contributed by atoms with E-state index < -0.39 is 18.0 Å². The van der Waals surface area contributed by atoms with Crippen molar-refractivity contribution in [2.45, 2.75) is 37.8 Å². The van der Waals surface area contributed by atoms with Gasteiger partial charge in [-0.2, -0.15) is 20.3 Å². The first-order valence-electron chi connectivity index (χ1n) is 13.5. The first kappa shape index (κ1) is 27.0. The van der Waals surface area contributed by atoms with E-state index in [1.54, 1.807) is 12.4 Å². The second-order valence-corrected chi connectivity index (χ2v) is 10.9. The number of likely N-dealkylation sites (tertiary alicyclic amines) is 1. The van der Waals surface area contributed by atoms with E-state index in [1.165, 1.54) is 11.0 Å². The van der Waals surface area contributed by atoms with Crippen LogP contribution in [-0.2, 0) is 6.42 Å². The van der Waals surface area contributed by atoms with Gasteiger partial charge in [-0.05, 0) is 32.0 Å². The van der Waals surface area contributed by atoms with Gasteiger partial charge in [-0.3, -0.25) is 5.10 Å². The summed E-state index contributed by atoms with van der Waals surface area (Å²) in [7, 11) is 2.07. The van der Waals surface area contributed by atoms with Crippen LogP contribution < -0.4 is 9.64 Å². The average molecular weight is 582 g/mol. The summed E-state index contributed by atoms with van der Waals surface area (Å²) in [5, 5.41) is 26.6. The van der Waals surface area contributed by atoms with E-state index in [2.05, 4.69) is 33.2 Å². The fourth-order valence-electron chi connectivity index (χ4n) is 5.85. The molecule has 0 saturated carbocycles. The number of carbonyl (C=O) groups is 1. The van der Waals surface area contributed by atoms with Crippen molar-refractivity contribution in [1.29, 1.82) is 5.26 Å². The lowest BCUT2D eigenvalue weighted by molar-refractivity contribution is 0.119. The molecule has 12 nitrogen and oxygen atoms in total. The number of fused-ring (bicyclic) bond motifs is 2. The van der Waals surface area contributed by atoms with E-state index in [4.69, 9.17) is 26.3 Å². The normalized spacial score (nSPS) is 19.8. The number of piperazine rings is 1. The summed E-state index contributed by atoms with van der Waals surface area (Å²) < 4.78 is 20.8. The third kappa shape index (κ3) is 5.09. The van der Waals surface area contributed by atoms with Gasteiger partial charge in [0.2, 0.25) is 0 Å². The molecule has 214 valence electrons. The molecule has 3 aromatic heterocycles. The van der Waals surface area contributed by atoms with Gasteiger partial charge in [0.05, 0.1) is 35.3 Å². The SMILES string of the molecule is CN1CCC[C@H]1COc1nc(N2CCN(C(=O)O)C(CC#N)C2)c2[nH]cc(Cc3c(Cl)c(F)cc4[nH]ncc34)c2n1. The van der Waals surface area contributed by atoms with Crippen LogP contribution in [0.5, 0.6) is 6.01 Å². The predicted octanol–water partition coefficient (Wildman–Crippen LogP) is 3.77. The maximum atomic E-state index is 14.7. The van der Waals surface area contributed by atoms with Gasteiger partial charge >= 0.3 is 12.1 Å². The Morgan fingerprint density at radius 1 is 1.32 bits per heavy atom. The number of amides is 1. The van der Waals surface area contributed by atoms with Crippen LogP contribution in [0.2, 0.25) is 5.02 Å². The number of hydrogen-bond acceptors (Lipinski definition) is 8. The molecule has 2 saturated heterocycles. The lowest BCUT2D eigenvalue weighted by Gasteiger charge is -2.39. The molecule has 3 N–H and O–H groups in total. The highest BCUT2D eigenvalue weighted by Gasteiger charge is 2.33. The van der Waals surface area contributed by atoms with Gasteiger partial charge < -0.3 is 29.5 Å². The molecule has 2 aliphatic heterocycles. The van der Waals surface area contributed by atoms with Crippen molar-refractivity contribution in [3.63, 3.8) is 0 Å². The number of nitriles is 1. The third-order valence-corrected chi connectivity index (χ3v) is 8.51. The molecular formula is C27H29ClFN9O3. The molecule has 0 bridgehead atoms. The molecule has 1 aromatic carbocycles. The number of likely N-dealkylation sites (N-methyl/N-ethyl adjacent to an activating group) is 1. The van der Waals surface area contributed by atoms with E-state index >= 15 is 0 Å². The van der Waals surface area contributed by atoms with Gasteiger partial charge in [0, 0.05) is 55.3 Å². The summed E-state index contributed by atoms with van der Waals surface area (Å²) in [6.07, 6.45) is 4.82. The van der Waals surface area contributed by atoms with Crippen molar-refractivity contribution in [2.75, 3.05) is 44.7 Å². The topological polar surface area (TPSA) is 150 Å². The number of hydrogen-bond donors (Lipinski definition) is 3.